The topological polar surface area (TPSA) is 48.3 Å². The van der Waals surface area contributed by atoms with Gasteiger partial charge in [-0.05, 0) is 25.1 Å². The van der Waals surface area contributed by atoms with E-state index in [9.17, 15) is 0 Å². The minimum absolute atomic E-state index is 0.178. The minimum Gasteiger partial charge on any atom is -0.491 e. The van der Waals surface area contributed by atoms with E-state index in [1.165, 1.54) is 0 Å². The van der Waals surface area contributed by atoms with E-state index in [1.807, 2.05) is 42.1 Å². The Kier molecular flexibility index (Phi) is 5.01. The van der Waals surface area contributed by atoms with Crippen molar-refractivity contribution in [3.8, 4) is 5.75 Å². The van der Waals surface area contributed by atoms with Gasteiger partial charge in [0.05, 0.1) is 18.3 Å². The highest BCUT2D eigenvalue weighted by molar-refractivity contribution is 5.49. The molecule has 0 saturated heterocycles. The number of ether oxygens (including phenoxy) is 2. The molecule has 1 aromatic heterocycles. The van der Waals surface area contributed by atoms with Gasteiger partial charge in [0.15, 0.2) is 0 Å². The highest BCUT2D eigenvalue weighted by atomic mass is 16.5. The van der Waals surface area contributed by atoms with Gasteiger partial charge >= 0.3 is 0 Å². The molecule has 20 heavy (non-hydrogen) atoms. The molecule has 2 rings (SSSR count). The third kappa shape index (κ3) is 3.74. The molecule has 5 heteroatoms. The second-order valence-corrected chi connectivity index (χ2v) is 4.61. The number of aryl methyl sites for hydroxylation is 1. The Morgan fingerprint density at radius 2 is 2.15 bits per heavy atom. The maximum absolute atomic E-state index is 5.60. The molecular formula is C15H21N3O2. The van der Waals surface area contributed by atoms with Crippen molar-refractivity contribution in [2.75, 3.05) is 25.6 Å². The van der Waals surface area contributed by atoms with E-state index in [2.05, 4.69) is 17.3 Å². The van der Waals surface area contributed by atoms with Gasteiger partial charge in [0.25, 0.3) is 0 Å². The number of benzene rings is 1. The molecule has 0 bridgehead atoms. The van der Waals surface area contributed by atoms with Gasteiger partial charge in [0, 0.05) is 32.1 Å². The second kappa shape index (κ2) is 6.96. The summed E-state index contributed by atoms with van der Waals surface area (Å²) in [5, 5.41) is 7.63. The largest absolute Gasteiger partial charge is 0.491 e. The zero-order chi connectivity index (χ0) is 14.4. The summed E-state index contributed by atoms with van der Waals surface area (Å²) in [5.41, 5.74) is 2.16. The van der Waals surface area contributed by atoms with Crippen LogP contribution in [0.25, 0.3) is 0 Å². The van der Waals surface area contributed by atoms with E-state index in [0.29, 0.717) is 13.2 Å². The number of anilines is 1. The van der Waals surface area contributed by atoms with Crippen molar-refractivity contribution in [3.63, 3.8) is 0 Å². The summed E-state index contributed by atoms with van der Waals surface area (Å²) in [6.45, 7) is 3.25. The highest BCUT2D eigenvalue weighted by Crippen LogP contribution is 2.22. The van der Waals surface area contributed by atoms with Gasteiger partial charge in [0.1, 0.15) is 12.4 Å². The zero-order valence-electron chi connectivity index (χ0n) is 12.2. The molecule has 0 aliphatic carbocycles. The first-order chi connectivity index (χ1) is 9.70. The summed E-state index contributed by atoms with van der Waals surface area (Å²) in [7, 11) is 3.61. The molecule has 0 aliphatic heterocycles. The Hall–Kier alpha value is -2.01. The maximum Gasteiger partial charge on any atom is 0.121 e. The van der Waals surface area contributed by atoms with Gasteiger partial charge in [-0.15, -0.1) is 0 Å². The van der Waals surface area contributed by atoms with E-state index < -0.39 is 0 Å². The number of hydrogen-bond donors (Lipinski definition) is 1. The van der Waals surface area contributed by atoms with Crippen molar-refractivity contribution in [2.24, 2.45) is 7.05 Å². The molecule has 0 amide bonds. The van der Waals surface area contributed by atoms with Gasteiger partial charge in [-0.2, -0.15) is 5.10 Å². The van der Waals surface area contributed by atoms with Crippen molar-refractivity contribution < 1.29 is 9.47 Å². The van der Waals surface area contributed by atoms with Crippen LogP contribution in [-0.4, -0.2) is 30.1 Å². The molecule has 1 aromatic carbocycles. The molecule has 1 N–H and O–H groups in total. The molecule has 5 nitrogen and oxygen atoms in total. The van der Waals surface area contributed by atoms with Crippen molar-refractivity contribution in [2.45, 2.75) is 13.0 Å². The number of hydrogen-bond acceptors (Lipinski definition) is 4. The minimum atomic E-state index is 0.178. The standard InChI is InChI=1S/C15H21N3O2/c1-12(15-7-8-16-18(15)2)17-13-5-4-6-14(11-13)20-10-9-19-3/h4-8,11-12,17H,9-10H2,1-3H3. The number of nitrogens with one attached hydrogen (secondary N) is 1. The van der Waals surface area contributed by atoms with Crippen LogP contribution in [0.3, 0.4) is 0 Å². The number of nitrogens with zero attached hydrogens (tertiary/aromatic N) is 2. The van der Waals surface area contributed by atoms with Crippen molar-refractivity contribution in [3.05, 3.63) is 42.2 Å². The van der Waals surface area contributed by atoms with Gasteiger partial charge in [-0.3, -0.25) is 4.68 Å². The van der Waals surface area contributed by atoms with Crippen LogP contribution in [0, 0.1) is 0 Å². The lowest BCUT2D eigenvalue weighted by molar-refractivity contribution is 0.146. The first-order valence-corrected chi connectivity index (χ1v) is 6.67. The van der Waals surface area contributed by atoms with Gasteiger partial charge in [-0.25, -0.2) is 0 Å². The van der Waals surface area contributed by atoms with E-state index in [4.69, 9.17) is 9.47 Å². The lowest BCUT2D eigenvalue weighted by Gasteiger charge is -2.16. The van der Waals surface area contributed by atoms with Crippen molar-refractivity contribution in [1.29, 1.82) is 0 Å². The summed E-state index contributed by atoms with van der Waals surface area (Å²) >= 11 is 0. The molecule has 2 aromatic rings. The first-order valence-electron chi connectivity index (χ1n) is 6.67. The molecule has 0 aliphatic rings. The van der Waals surface area contributed by atoms with Gasteiger partial charge in [-0.1, -0.05) is 6.07 Å². The molecule has 0 saturated carbocycles. The number of aromatic nitrogens is 2. The summed E-state index contributed by atoms with van der Waals surface area (Å²) in [5.74, 6) is 0.837. The summed E-state index contributed by atoms with van der Waals surface area (Å²) < 4.78 is 12.4. The Morgan fingerprint density at radius 1 is 1.30 bits per heavy atom. The second-order valence-electron chi connectivity index (χ2n) is 4.61. The summed E-state index contributed by atoms with van der Waals surface area (Å²) in [6, 6.07) is 10.1. The summed E-state index contributed by atoms with van der Waals surface area (Å²) in [6.07, 6.45) is 1.80. The first kappa shape index (κ1) is 14.4. The molecule has 108 valence electrons. The van der Waals surface area contributed by atoms with Crippen molar-refractivity contribution in [1.82, 2.24) is 9.78 Å². The molecule has 0 spiro atoms. The van der Waals surface area contributed by atoms with Gasteiger partial charge in [0.2, 0.25) is 0 Å². The van der Waals surface area contributed by atoms with Crippen LogP contribution in [0.1, 0.15) is 18.7 Å². The third-order valence-electron chi connectivity index (χ3n) is 3.08. The third-order valence-corrected chi connectivity index (χ3v) is 3.08. The normalized spacial score (nSPS) is 12.2. The Morgan fingerprint density at radius 3 is 2.85 bits per heavy atom. The average Bonchev–Trinajstić information content (AvgIpc) is 2.86. The van der Waals surface area contributed by atoms with Crippen LogP contribution in [0.4, 0.5) is 5.69 Å². The van der Waals surface area contributed by atoms with Crippen LogP contribution >= 0.6 is 0 Å². The molecule has 1 heterocycles. The Labute approximate surface area is 119 Å². The van der Waals surface area contributed by atoms with Gasteiger partial charge < -0.3 is 14.8 Å². The Balaban J connectivity index is 1.99. The van der Waals surface area contributed by atoms with E-state index in [1.54, 1.807) is 13.3 Å². The van der Waals surface area contributed by atoms with Crippen LogP contribution in [0.2, 0.25) is 0 Å². The predicted octanol–water partition coefficient (Wildman–Crippen LogP) is 2.62. The van der Waals surface area contributed by atoms with Crippen LogP contribution in [0.5, 0.6) is 5.75 Å². The Bertz CT molecular complexity index is 539. The van der Waals surface area contributed by atoms with Crippen LogP contribution in [0.15, 0.2) is 36.5 Å². The molecule has 0 radical (unpaired) electrons. The van der Waals surface area contributed by atoms with E-state index >= 15 is 0 Å². The smallest absolute Gasteiger partial charge is 0.121 e. The number of methoxy groups -OCH3 is 1. The van der Waals surface area contributed by atoms with Crippen molar-refractivity contribution >= 4 is 5.69 Å². The fourth-order valence-corrected chi connectivity index (χ4v) is 2.05. The maximum atomic E-state index is 5.60. The molecular weight excluding hydrogens is 254 g/mol. The monoisotopic (exact) mass is 275 g/mol. The van der Waals surface area contributed by atoms with Crippen LogP contribution in [-0.2, 0) is 11.8 Å². The highest BCUT2D eigenvalue weighted by Gasteiger charge is 2.09. The fourth-order valence-electron chi connectivity index (χ4n) is 2.05. The van der Waals surface area contributed by atoms with E-state index in [-0.39, 0.29) is 6.04 Å². The van der Waals surface area contributed by atoms with Crippen LogP contribution < -0.4 is 10.1 Å². The molecule has 1 unspecified atom stereocenters. The summed E-state index contributed by atoms with van der Waals surface area (Å²) in [4.78, 5) is 0. The lowest BCUT2D eigenvalue weighted by Crippen LogP contribution is -2.11. The SMILES string of the molecule is COCCOc1cccc(NC(C)c2ccnn2C)c1. The lowest BCUT2D eigenvalue weighted by atomic mass is 10.2. The molecule has 1 atom stereocenters. The predicted molar refractivity (Wildman–Crippen MR) is 79.1 cm³/mol. The zero-order valence-corrected chi connectivity index (χ0v) is 12.2. The quantitative estimate of drug-likeness (QED) is 0.789. The average molecular weight is 275 g/mol. The van der Waals surface area contributed by atoms with E-state index in [0.717, 1.165) is 17.1 Å². The molecule has 0 fully saturated rings. The number of rotatable bonds is 7. The fraction of sp³-hybridized carbons (Fsp3) is 0.400.